The molecule has 1 aliphatic heterocycles. The molecule has 0 radical (unpaired) electrons. The highest BCUT2D eigenvalue weighted by Gasteiger charge is 2.64. The molecule has 8 atom stereocenters. The van der Waals surface area contributed by atoms with E-state index in [0.717, 1.165) is 56.1 Å². The predicted octanol–water partition coefficient (Wildman–Crippen LogP) is 5.56. The van der Waals surface area contributed by atoms with Crippen LogP contribution in [0.25, 0.3) is 0 Å². The minimum Gasteiger partial charge on any atom is -0.359 e. The van der Waals surface area contributed by atoms with Crippen molar-refractivity contribution in [3.8, 4) is 0 Å². The van der Waals surface area contributed by atoms with Crippen LogP contribution in [0.3, 0.4) is 0 Å². The van der Waals surface area contributed by atoms with Crippen LogP contribution in [0.1, 0.15) is 71.6 Å². The maximum absolute atomic E-state index is 6.22. The normalized spacial score (nSPS) is 49.4. The Morgan fingerprint density at radius 3 is 2.50 bits per heavy atom. The molecule has 0 aromatic rings. The molecule has 0 amide bonds. The third-order valence-electron chi connectivity index (χ3n) is 10.4. The summed E-state index contributed by atoms with van der Waals surface area (Å²) in [5.41, 5.74) is 0.728. The molecule has 1 heterocycles. The molecule has 1 saturated heterocycles. The average Bonchev–Trinajstić information content (AvgIpc) is 3.32. The van der Waals surface area contributed by atoms with Gasteiger partial charge in [-0.2, -0.15) is 0 Å². The zero-order valence-corrected chi connectivity index (χ0v) is 19.4. The lowest BCUT2D eigenvalue weighted by atomic mass is 9.42. The molecule has 4 saturated carbocycles. The monoisotopic (exact) mass is 418 g/mol. The maximum Gasteiger partial charge on any atom is 0.168 e. The van der Waals surface area contributed by atoms with Crippen molar-refractivity contribution in [2.75, 3.05) is 27.1 Å². The molecule has 4 unspecified atom stereocenters. The second-order valence-corrected chi connectivity index (χ2v) is 11.5. The zero-order valence-electron chi connectivity index (χ0n) is 19.4. The number of ether oxygens (including phenoxy) is 4. The summed E-state index contributed by atoms with van der Waals surface area (Å²) in [6.07, 6.45) is 13.6. The molecule has 0 N–H and O–H groups in total. The van der Waals surface area contributed by atoms with E-state index in [-0.39, 0.29) is 5.79 Å². The number of rotatable bonds is 5. The van der Waals surface area contributed by atoms with Gasteiger partial charge in [-0.15, -0.1) is 6.58 Å². The minimum atomic E-state index is -0.272. The summed E-state index contributed by atoms with van der Waals surface area (Å²) in [6.45, 7) is 11.3. The lowest BCUT2D eigenvalue weighted by Crippen LogP contribution is -2.59. The Bertz CT molecular complexity index is 643. The van der Waals surface area contributed by atoms with Gasteiger partial charge in [0.1, 0.15) is 6.79 Å². The molecular weight excluding hydrogens is 376 g/mol. The highest BCUT2D eigenvalue weighted by atomic mass is 16.7. The van der Waals surface area contributed by atoms with E-state index in [1.54, 1.807) is 7.11 Å². The fraction of sp³-hybridized carbons (Fsp3) is 0.923. The van der Waals surface area contributed by atoms with E-state index >= 15 is 0 Å². The fourth-order valence-electron chi connectivity index (χ4n) is 8.96. The Balaban J connectivity index is 1.43. The molecule has 5 aliphatic rings. The molecule has 170 valence electrons. The molecule has 30 heavy (non-hydrogen) atoms. The van der Waals surface area contributed by atoms with Gasteiger partial charge in [-0.25, -0.2) is 0 Å². The first kappa shape index (κ1) is 21.4. The van der Waals surface area contributed by atoms with Crippen molar-refractivity contribution in [3.63, 3.8) is 0 Å². The second kappa shape index (κ2) is 7.86. The number of hydrogen-bond donors (Lipinski definition) is 0. The predicted molar refractivity (Wildman–Crippen MR) is 117 cm³/mol. The third kappa shape index (κ3) is 3.16. The smallest absolute Gasteiger partial charge is 0.168 e. The van der Waals surface area contributed by atoms with Crippen LogP contribution in [0, 0.1) is 40.4 Å². The van der Waals surface area contributed by atoms with E-state index in [4.69, 9.17) is 18.9 Å². The van der Waals surface area contributed by atoms with E-state index in [1.165, 1.54) is 38.5 Å². The molecule has 0 aromatic heterocycles. The zero-order chi connectivity index (χ0) is 21.0. The van der Waals surface area contributed by atoms with Crippen LogP contribution in [0.5, 0.6) is 0 Å². The van der Waals surface area contributed by atoms with Gasteiger partial charge in [0, 0.05) is 20.0 Å². The average molecular weight is 419 g/mol. The van der Waals surface area contributed by atoms with Crippen molar-refractivity contribution in [2.24, 2.45) is 40.4 Å². The van der Waals surface area contributed by atoms with Gasteiger partial charge in [-0.1, -0.05) is 19.9 Å². The first-order valence-corrected chi connectivity index (χ1v) is 12.5. The van der Waals surface area contributed by atoms with Gasteiger partial charge in [0.2, 0.25) is 0 Å². The first-order chi connectivity index (χ1) is 14.5. The van der Waals surface area contributed by atoms with E-state index in [9.17, 15) is 0 Å². The van der Waals surface area contributed by atoms with Crippen LogP contribution in [-0.2, 0) is 18.9 Å². The summed E-state index contributed by atoms with van der Waals surface area (Å²) in [5, 5.41) is 0. The molecule has 4 heteroatoms. The van der Waals surface area contributed by atoms with Gasteiger partial charge in [-0.3, -0.25) is 0 Å². The number of allylic oxidation sites excluding steroid dienone is 1. The molecule has 5 rings (SSSR count). The summed E-state index contributed by atoms with van der Waals surface area (Å²) < 4.78 is 23.8. The van der Waals surface area contributed by atoms with Gasteiger partial charge in [0.25, 0.3) is 0 Å². The summed E-state index contributed by atoms with van der Waals surface area (Å²) in [4.78, 5) is 0. The van der Waals surface area contributed by atoms with Crippen molar-refractivity contribution in [3.05, 3.63) is 12.7 Å². The molecule has 5 fully saturated rings. The molecule has 0 bridgehead atoms. The van der Waals surface area contributed by atoms with Crippen LogP contribution in [-0.4, -0.2) is 39.0 Å². The van der Waals surface area contributed by atoms with Gasteiger partial charge in [0.15, 0.2) is 5.79 Å². The highest BCUT2D eigenvalue weighted by Crippen LogP contribution is 2.69. The number of fused-ring (bicyclic) bond motifs is 5. The number of hydrogen-bond acceptors (Lipinski definition) is 4. The van der Waals surface area contributed by atoms with Crippen molar-refractivity contribution >= 4 is 0 Å². The highest BCUT2D eigenvalue weighted by molar-refractivity contribution is 5.12. The van der Waals surface area contributed by atoms with Crippen LogP contribution < -0.4 is 0 Å². The standard InChI is InChI=1S/C26H42O4/c1-5-6-18-15-19-16-26(29-13-14-30-26)12-11-24(19,2)21-9-10-25(3)20(23(18)21)7-8-22(25)28-17-27-4/h5,18-23H,1,6-17H2,2-4H3/t18-,19?,20?,21?,22+,23?,24+,25+/m1/s1. The maximum atomic E-state index is 6.22. The summed E-state index contributed by atoms with van der Waals surface area (Å²) in [5.74, 6) is 3.58. The van der Waals surface area contributed by atoms with E-state index < -0.39 is 0 Å². The van der Waals surface area contributed by atoms with Crippen molar-refractivity contribution < 1.29 is 18.9 Å². The second-order valence-electron chi connectivity index (χ2n) is 11.5. The van der Waals surface area contributed by atoms with Crippen molar-refractivity contribution in [2.45, 2.75) is 83.5 Å². The van der Waals surface area contributed by atoms with E-state index in [2.05, 4.69) is 26.5 Å². The van der Waals surface area contributed by atoms with Gasteiger partial charge in [-0.05, 0) is 85.4 Å². The van der Waals surface area contributed by atoms with Gasteiger partial charge in [0.05, 0.1) is 19.3 Å². The minimum absolute atomic E-state index is 0.272. The molecular formula is C26H42O4. The molecule has 0 aromatic carbocycles. The Morgan fingerprint density at radius 1 is 1.00 bits per heavy atom. The van der Waals surface area contributed by atoms with Crippen LogP contribution in [0.2, 0.25) is 0 Å². The quantitative estimate of drug-likeness (QED) is 0.432. The van der Waals surface area contributed by atoms with Crippen molar-refractivity contribution in [1.82, 2.24) is 0 Å². The summed E-state index contributed by atoms with van der Waals surface area (Å²) in [6, 6.07) is 0. The Kier molecular flexibility index (Phi) is 5.62. The Labute approximate surface area is 183 Å². The van der Waals surface area contributed by atoms with Crippen LogP contribution >= 0.6 is 0 Å². The van der Waals surface area contributed by atoms with Crippen LogP contribution in [0.15, 0.2) is 12.7 Å². The Hall–Kier alpha value is -0.420. The topological polar surface area (TPSA) is 36.9 Å². The SMILES string of the molecule is C=CC[C@@H]1CC2CC3(CC[C@]2(C)C2CC[C@@]4(C)C(CC[C@@H]4OCOC)C21)OCCO3. The lowest BCUT2D eigenvalue weighted by molar-refractivity contribution is -0.238. The lowest BCUT2D eigenvalue weighted by Gasteiger charge is -2.64. The third-order valence-corrected chi connectivity index (χ3v) is 10.4. The number of methoxy groups -OCH3 is 1. The van der Waals surface area contributed by atoms with Gasteiger partial charge >= 0.3 is 0 Å². The largest absolute Gasteiger partial charge is 0.359 e. The Morgan fingerprint density at radius 2 is 1.77 bits per heavy atom. The molecule has 1 spiro atoms. The molecule has 4 aliphatic carbocycles. The summed E-state index contributed by atoms with van der Waals surface area (Å²) in [7, 11) is 1.74. The van der Waals surface area contributed by atoms with Crippen LogP contribution in [0.4, 0.5) is 0 Å². The fourth-order valence-corrected chi connectivity index (χ4v) is 8.96. The first-order valence-electron chi connectivity index (χ1n) is 12.5. The van der Waals surface area contributed by atoms with E-state index in [1.807, 2.05) is 0 Å². The van der Waals surface area contributed by atoms with E-state index in [0.29, 0.717) is 29.6 Å². The molecule has 4 nitrogen and oxygen atoms in total. The van der Waals surface area contributed by atoms with Crippen molar-refractivity contribution in [1.29, 1.82) is 0 Å². The summed E-state index contributed by atoms with van der Waals surface area (Å²) >= 11 is 0. The van der Waals surface area contributed by atoms with Gasteiger partial charge < -0.3 is 18.9 Å².